The van der Waals surface area contributed by atoms with Crippen molar-refractivity contribution in [3.05, 3.63) is 65.2 Å². The van der Waals surface area contributed by atoms with E-state index in [4.69, 9.17) is 11.6 Å². The molecule has 0 saturated heterocycles. The van der Waals surface area contributed by atoms with Gasteiger partial charge in [-0.1, -0.05) is 62.7 Å². The van der Waals surface area contributed by atoms with E-state index in [9.17, 15) is 9.59 Å². The molecule has 0 bridgehead atoms. The summed E-state index contributed by atoms with van der Waals surface area (Å²) in [4.78, 5) is 28.9. The Labute approximate surface area is 195 Å². The molecule has 2 aromatic rings. The van der Waals surface area contributed by atoms with Gasteiger partial charge in [-0.05, 0) is 48.6 Å². The standard InChI is InChI=1S/C25H33ClN2O2S/c1-4-23(25(30)27-18-19(2)3)28(16-14-20-8-6-5-7-9-20)24(29)15-17-31-22-12-10-21(26)11-13-22/h5-13,19,23H,4,14-18H2,1-3H3,(H,27,30). The van der Waals surface area contributed by atoms with Gasteiger partial charge in [0.15, 0.2) is 0 Å². The van der Waals surface area contributed by atoms with Gasteiger partial charge in [-0.25, -0.2) is 0 Å². The van der Waals surface area contributed by atoms with Crippen LogP contribution in [0.5, 0.6) is 0 Å². The van der Waals surface area contributed by atoms with Crippen LogP contribution in [0, 0.1) is 5.92 Å². The minimum Gasteiger partial charge on any atom is -0.354 e. The maximum Gasteiger partial charge on any atom is 0.242 e. The third-order valence-electron chi connectivity index (χ3n) is 4.95. The van der Waals surface area contributed by atoms with E-state index < -0.39 is 6.04 Å². The van der Waals surface area contributed by atoms with Gasteiger partial charge >= 0.3 is 0 Å². The van der Waals surface area contributed by atoms with Crippen LogP contribution in [0.1, 0.15) is 39.2 Å². The molecule has 168 valence electrons. The monoisotopic (exact) mass is 460 g/mol. The van der Waals surface area contributed by atoms with Gasteiger partial charge < -0.3 is 10.2 Å². The van der Waals surface area contributed by atoms with Crippen LogP contribution in [0.4, 0.5) is 0 Å². The van der Waals surface area contributed by atoms with Crippen molar-refractivity contribution in [1.82, 2.24) is 10.2 Å². The molecule has 0 aliphatic heterocycles. The lowest BCUT2D eigenvalue weighted by Crippen LogP contribution is -2.50. The number of halogens is 1. The van der Waals surface area contributed by atoms with Crippen LogP contribution < -0.4 is 5.32 Å². The van der Waals surface area contributed by atoms with Gasteiger partial charge in [-0.3, -0.25) is 9.59 Å². The highest BCUT2D eigenvalue weighted by atomic mass is 35.5. The maximum absolute atomic E-state index is 13.2. The van der Waals surface area contributed by atoms with Crippen molar-refractivity contribution in [2.24, 2.45) is 5.92 Å². The fraction of sp³-hybridized carbons (Fsp3) is 0.440. The number of carbonyl (C=O) groups excluding carboxylic acids is 2. The average Bonchev–Trinajstić information content (AvgIpc) is 2.77. The number of hydrogen-bond acceptors (Lipinski definition) is 3. The van der Waals surface area contributed by atoms with Gasteiger partial charge in [0, 0.05) is 35.2 Å². The van der Waals surface area contributed by atoms with Gasteiger partial charge in [0.2, 0.25) is 11.8 Å². The quantitative estimate of drug-likeness (QED) is 0.429. The minimum atomic E-state index is -0.449. The molecule has 0 fully saturated rings. The third-order valence-corrected chi connectivity index (χ3v) is 6.22. The Balaban J connectivity index is 2.03. The largest absolute Gasteiger partial charge is 0.354 e. The van der Waals surface area contributed by atoms with Crippen molar-refractivity contribution in [2.75, 3.05) is 18.8 Å². The number of rotatable bonds is 12. The van der Waals surface area contributed by atoms with E-state index in [1.165, 1.54) is 0 Å². The van der Waals surface area contributed by atoms with Crippen molar-refractivity contribution in [1.29, 1.82) is 0 Å². The Bertz CT molecular complexity index is 812. The van der Waals surface area contributed by atoms with E-state index in [0.29, 0.717) is 42.6 Å². The van der Waals surface area contributed by atoms with E-state index in [1.54, 1.807) is 16.7 Å². The fourth-order valence-electron chi connectivity index (χ4n) is 3.25. The highest BCUT2D eigenvalue weighted by molar-refractivity contribution is 7.99. The minimum absolute atomic E-state index is 0.0175. The zero-order valence-corrected chi connectivity index (χ0v) is 20.2. The van der Waals surface area contributed by atoms with Gasteiger partial charge in [-0.2, -0.15) is 0 Å². The van der Waals surface area contributed by atoms with E-state index >= 15 is 0 Å². The summed E-state index contributed by atoms with van der Waals surface area (Å²) in [6.45, 7) is 7.23. The summed E-state index contributed by atoms with van der Waals surface area (Å²) in [7, 11) is 0. The first-order chi connectivity index (χ1) is 14.9. The lowest BCUT2D eigenvalue weighted by molar-refractivity contribution is -0.140. The summed E-state index contributed by atoms with van der Waals surface area (Å²) in [5.41, 5.74) is 1.16. The van der Waals surface area contributed by atoms with Gasteiger partial charge in [0.1, 0.15) is 6.04 Å². The van der Waals surface area contributed by atoms with Crippen molar-refractivity contribution < 1.29 is 9.59 Å². The zero-order chi connectivity index (χ0) is 22.6. The first-order valence-corrected chi connectivity index (χ1v) is 12.3. The molecular formula is C25H33ClN2O2S. The van der Waals surface area contributed by atoms with Crippen molar-refractivity contribution in [3.63, 3.8) is 0 Å². The molecule has 0 saturated carbocycles. The Morgan fingerprint density at radius 3 is 2.35 bits per heavy atom. The molecule has 4 nitrogen and oxygen atoms in total. The number of carbonyl (C=O) groups is 2. The highest BCUT2D eigenvalue weighted by Gasteiger charge is 2.28. The molecule has 2 aromatic carbocycles. The van der Waals surface area contributed by atoms with Crippen molar-refractivity contribution in [3.8, 4) is 0 Å². The van der Waals surface area contributed by atoms with Crippen LogP contribution in [0.3, 0.4) is 0 Å². The normalized spacial score (nSPS) is 11.9. The number of amides is 2. The summed E-state index contributed by atoms with van der Waals surface area (Å²) in [5, 5.41) is 3.70. The van der Waals surface area contributed by atoms with Gasteiger partial charge in [0.25, 0.3) is 0 Å². The molecule has 0 aliphatic rings. The van der Waals surface area contributed by atoms with Crippen LogP contribution in [0.25, 0.3) is 0 Å². The first-order valence-electron chi connectivity index (χ1n) is 10.9. The van der Waals surface area contributed by atoms with Crippen molar-refractivity contribution >= 4 is 35.2 Å². The maximum atomic E-state index is 13.2. The molecule has 0 aliphatic carbocycles. The number of thioether (sulfide) groups is 1. The molecule has 0 radical (unpaired) electrons. The molecule has 1 unspecified atom stereocenters. The fourth-order valence-corrected chi connectivity index (χ4v) is 4.22. The van der Waals surface area contributed by atoms with E-state index in [1.807, 2.05) is 49.4 Å². The number of nitrogens with zero attached hydrogens (tertiary/aromatic N) is 1. The van der Waals surface area contributed by atoms with Crippen LogP contribution >= 0.6 is 23.4 Å². The first kappa shape index (κ1) is 25.3. The predicted molar refractivity (Wildman–Crippen MR) is 131 cm³/mol. The predicted octanol–water partition coefficient (Wildman–Crippen LogP) is 5.44. The van der Waals surface area contributed by atoms with E-state index in [-0.39, 0.29) is 11.8 Å². The molecule has 1 atom stereocenters. The number of nitrogens with one attached hydrogen (secondary N) is 1. The molecule has 6 heteroatoms. The SMILES string of the molecule is CCC(C(=O)NCC(C)C)N(CCc1ccccc1)C(=O)CCSc1ccc(Cl)cc1. The lowest BCUT2D eigenvalue weighted by atomic mass is 10.1. The number of hydrogen-bond donors (Lipinski definition) is 1. The van der Waals surface area contributed by atoms with Crippen LogP contribution in [0.15, 0.2) is 59.5 Å². The smallest absolute Gasteiger partial charge is 0.242 e. The molecular weight excluding hydrogens is 428 g/mol. The molecule has 0 heterocycles. The van der Waals surface area contributed by atoms with E-state index in [0.717, 1.165) is 16.9 Å². The van der Waals surface area contributed by atoms with Crippen LogP contribution in [-0.4, -0.2) is 41.6 Å². The Hall–Kier alpha value is -1.98. The Morgan fingerprint density at radius 1 is 1.06 bits per heavy atom. The van der Waals surface area contributed by atoms with Gasteiger partial charge in [-0.15, -0.1) is 11.8 Å². The van der Waals surface area contributed by atoms with Gasteiger partial charge in [0.05, 0.1) is 0 Å². The molecule has 31 heavy (non-hydrogen) atoms. The second-order valence-corrected chi connectivity index (χ2v) is 9.54. The third kappa shape index (κ3) is 8.96. The molecule has 0 spiro atoms. The second kappa shape index (κ2) is 13.4. The molecule has 0 aromatic heterocycles. The number of benzene rings is 2. The lowest BCUT2D eigenvalue weighted by Gasteiger charge is -2.31. The topological polar surface area (TPSA) is 49.4 Å². The summed E-state index contributed by atoms with van der Waals surface area (Å²) >= 11 is 7.57. The van der Waals surface area contributed by atoms with Crippen LogP contribution in [-0.2, 0) is 16.0 Å². The summed E-state index contributed by atoms with van der Waals surface area (Å²) < 4.78 is 0. The second-order valence-electron chi connectivity index (χ2n) is 7.94. The van der Waals surface area contributed by atoms with Crippen molar-refractivity contribution in [2.45, 2.75) is 51.0 Å². The molecule has 2 rings (SSSR count). The molecule has 1 N–H and O–H groups in total. The average molecular weight is 461 g/mol. The summed E-state index contributed by atoms with van der Waals surface area (Å²) in [6, 6.07) is 17.3. The molecule has 2 amide bonds. The zero-order valence-electron chi connectivity index (χ0n) is 18.6. The summed E-state index contributed by atoms with van der Waals surface area (Å²) in [5.74, 6) is 0.976. The van der Waals surface area contributed by atoms with Crippen LogP contribution in [0.2, 0.25) is 5.02 Å². The van der Waals surface area contributed by atoms with E-state index in [2.05, 4.69) is 31.3 Å². The highest BCUT2D eigenvalue weighted by Crippen LogP contribution is 2.22. The Kier molecular flexibility index (Phi) is 11.0. The Morgan fingerprint density at radius 2 is 1.74 bits per heavy atom. The summed E-state index contributed by atoms with van der Waals surface area (Å²) in [6.07, 6.45) is 1.70.